The van der Waals surface area contributed by atoms with Gasteiger partial charge in [0.05, 0.1) is 12.1 Å². The van der Waals surface area contributed by atoms with Gasteiger partial charge in [-0.3, -0.25) is 0 Å². The van der Waals surface area contributed by atoms with Crippen LogP contribution in [-0.2, 0) is 0 Å². The zero-order valence-electron chi connectivity index (χ0n) is 10.5. The minimum atomic E-state index is -0.236. The molecule has 1 aromatic heterocycles. The largest absolute Gasteiger partial charge is 0.391 e. The number of aliphatic hydroxyl groups excluding tert-OH is 1. The monoisotopic (exact) mass is 263 g/mol. The summed E-state index contributed by atoms with van der Waals surface area (Å²) in [6.07, 6.45) is 4.98. The highest BCUT2D eigenvalue weighted by Gasteiger charge is 2.28. The Balaban J connectivity index is 1.99. The third-order valence-electron chi connectivity index (χ3n) is 4.08. The highest BCUT2D eigenvalue weighted by atomic mass is 35.5. The predicted molar refractivity (Wildman–Crippen MR) is 75.0 cm³/mol. The van der Waals surface area contributed by atoms with E-state index < -0.39 is 0 Å². The van der Waals surface area contributed by atoms with Crippen LogP contribution >= 0.6 is 11.6 Å². The number of aliphatic hydroxyl groups is 1. The van der Waals surface area contributed by atoms with E-state index in [0.29, 0.717) is 5.92 Å². The fourth-order valence-corrected chi connectivity index (χ4v) is 3.26. The molecule has 0 spiro atoms. The molecule has 1 fully saturated rings. The summed E-state index contributed by atoms with van der Waals surface area (Å²) in [5.74, 6) is 0.632. The minimum absolute atomic E-state index is 0.208. The molecule has 1 aliphatic rings. The van der Waals surface area contributed by atoms with Crippen molar-refractivity contribution in [3.8, 4) is 0 Å². The molecule has 18 heavy (non-hydrogen) atoms. The molecule has 3 heteroatoms. The van der Waals surface area contributed by atoms with Gasteiger partial charge in [0, 0.05) is 22.1 Å². The Morgan fingerprint density at radius 2 is 2.11 bits per heavy atom. The molecule has 96 valence electrons. The first kappa shape index (κ1) is 12.1. The lowest BCUT2D eigenvalue weighted by Crippen LogP contribution is -2.30. The number of rotatable bonds is 1. The lowest BCUT2D eigenvalue weighted by Gasteiger charge is -2.33. The molecular formula is C15H18ClNO. The van der Waals surface area contributed by atoms with Crippen molar-refractivity contribution < 1.29 is 5.11 Å². The van der Waals surface area contributed by atoms with Gasteiger partial charge in [-0.15, -0.1) is 0 Å². The zero-order chi connectivity index (χ0) is 12.7. The second-order valence-corrected chi connectivity index (χ2v) is 5.92. The lowest BCUT2D eigenvalue weighted by molar-refractivity contribution is 0.0566. The molecular weight excluding hydrogens is 246 g/mol. The van der Waals surface area contributed by atoms with Crippen LogP contribution in [-0.4, -0.2) is 15.8 Å². The Morgan fingerprint density at radius 1 is 1.28 bits per heavy atom. The van der Waals surface area contributed by atoms with Crippen molar-refractivity contribution >= 4 is 22.5 Å². The van der Waals surface area contributed by atoms with Crippen molar-refractivity contribution in [1.82, 2.24) is 4.57 Å². The second-order valence-electron chi connectivity index (χ2n) is 5.48. The summed E-state index contributed by atoms with van der Waals surface area (Å²) in [5, 5.41) is 12.2. The molecule has 2 nitrogen and oxygen atoms in total. The van der Waals surface area contributed by atoms with E-state index in [0.717, 1.165) is 28.8 Å². The third-order valence-corrected chi connectivity index (χ3v) is 4.32. The van der Waals surface area contributed by atoms with E-state index in [2.05, 4.69) is 23.8 Å². The summed E-state index contributed by atoms with van der Waals surface area (Å²) in [4.78, 5) is 0. The molecule has 0 unspecified atom stereocenters. The van der Waals surface area contributed by atoms with Gasteiger partial charge in [0.25, 0.3) is 0 Å². The smallest absolute Gasteiger partial charge is 0.0749 e. The molecule has 0 radical (unpaired) electrons. The molecule has 3 rings (SSSR count). The van der Waals surface area contributed by atoms with Gasteiger partial charge < -0.3 is 9.67 Å². The maximum atomic E-state index is 10.3. The van der Waals surface area contributed by atoms with Gasteiger partial charge in [-0.05, 0) is 49.4 Å². The van der Waals surface area contributed by atoms with Crippen molar-refractivity contribution in [1.29, 1.82) is 0 Å². The average Bonchev–Trinajstić information content (AvgIpc) is 2.72. The van der Waals surface area contributed by atoms with Crippen molar-refractivity contribution in [3.63, 3.8) is 0 Å². The first-order valence-corrected chi connectivity index (χ1v) is 6.97. The Bertz CT molecular complexity index is 563. The van der Waals surface area contributed by atoms with Crippen LogP contribution in [0.15, 0.2) is 30.5 Å². The molecule has 1 aromatic carbocycles. The molecule has 2 aromatic rings. The highest BCUT2D eigenvalue weighted by Crippen LogP contribution is 2.35. The lowest BCUT2D eigenvalue weighted by atomic mass is 9.85. The van der Waals surface area contributed by atoms with Gasteiger partial charge in [-0.2, -0.15) is 0 Å². The van der Waals surface area contributed by atoms with E-state index in [9.17, 15) is 5.11 Å². The molecule has 1 aliphatic carbocycles. The Labute approximate surface area is 112 Å². The summed E-state index contributed by atoms with van der Waals surface area (Å²) in [6, 6.07) is 8.22. The maximum absolute atomic E-state index is 10.3. The fourth-order valence-electron chi connectivity index (χ4n) is 3.08. The van der Waals surface area contributed by atoms with E-state index >= 15 is 0 Å². The maximum Gasteiger partial charge on any atom is 0.0749 e. The fraction of sp³-hybridized carbons (Fsp3) is 0.467. The van der Waals surface area contributed by atoms with Crippen LogP contribution in [0.3, 0.4) is 0 Å². The molecule has 1 saturated carbocycles. The molecule has 0 saturated heterocycles. The summed E-state index contributed by atoms with van der Waals surface area (Å²) in [7, 11) is 0. The van der Waals surface area contributed by atoms with Crippen LogP contribution in [0.4, 0.5) is 0 Å². The van der Waals surface area contributed by atoms with E-state index in [4.69, 9.17) is 11.6 Å². The number of nitrogens with zero attached hydrogens (tertiary/aromatic N) is 1. The normalized spacial score (nSPS) is 28.7. The van der Waals surface area contributed by atoms with E-state index in [-0.39, 0.29) is 12.1 Å². The minimum Gasteiger partial charge on any atom is -0.391 e. The van der Waals surface area contributed by atoms with E-state index in [1.807, 2.05) is 18.2 Å². The molecule has 1 N–H and O–H groups in total. The van der Waals surface area contributed by atoms with Crippen molar-refractivity contribution in [2.24, 2.45) is 5.92 Å². The number of benzene rings is 1. The number of hydrogen-bond acceptors (Lipinski definition) is 1. The molecule has 0 aliphatic heterocycles. The van der Waals surface area contributed by atoms with Crippen molar-refractivity contribution in [3.05, 3.63) is 35.5 Å². The van der Waals surface area contributed by atoms with Gasteiger partial charge in [-0.1, -0.05) is 18.5 Å². The predicted octanol–water partition coefficient (Wildman–Crippen LogP) is 4.02. The average molecular weight is 264 g/mol. The van der Waals surface area contributed by atoms with Gasteiger partial charge in [0.2, 0.25) is 0 Å². The molecule has 0 bridgehead atoms. The highest BCUT2D eigenvalue weighted by molar-refractivity contribution is 6.31. The van der Waals surface area contributed by atoms with Crippen molar-refractivity contribution in [2.45, 2.75) is 38.3 Å². The van der Waals surface area contributed by atoms with Crippen LogP contribution in [0.2, 0.25) is 5.02 Å². The number of fused-ring (bicyclic) bond motifs is 1. The van der Waals surface area contributed by atoms with Crippen LogP contribution in [0.5, 0.6) is 0 Å². The first-order valence-electron chi connectivity index (χ1n) is 6.59. The Kier molecular flexibility index (Phi) is 3.08. The standard InChI is InChI=1S/C15H18ClNO/c1-10-2-4-14(15(18)8-10)17-7-6-11-9-12(16)3-5-13(11)17/h3,5-7,9-10,14-15,18H,2,4,8H2,1H3/t10-,14-,15-/m1/s1. The van der Waals surface area contributed by atoms with Gasteiger partial charge in [-0.25, -0.2) is 0 Å². The summed E-state index contributed by atoms with van der Waals surface area (Å²) in [5.41, 5.74) is 1.16. The number of halogens is 1. The number of hydrogen-bond donors (Lipinski definition) is 1. The first-order chi connectivity index (χ1) is 8.65. The topological polar surface area (TPSA) is 25.2 Å². The summed E-state index contributed by atoms with van der Waals surface area (Å²) >= 11 is 6.00. The van der Waals surface area contributed by atoms with Crippen LogP contribution in [0.25, 0.3) is 10.9 Å². The van der Waals surface area contributed by atoms with Crippen LogP contribution < -0.4 is 0 Å². The Hall–Kier alpha value is -0.990. The third kappa shape index (κ3) is 2.04. The number of aromatic nitrogens is 1. The zero-order valence-corrected chi connectivity index (χ0v) is 11.3. The van der Waals surface area contributed by atoms with E-state index in [1.54, 1.807) is 0 Å². The summed E-state index contributed by atoms with van der Waals surface area (Å²) in [6.45, 7) is 2.22. The SMILES string of the molecule is C[C@@H]1CC[C@@H](n2ccc3cc(Cl)ccc32)[C@H](O)C1. The van der Waals surface area contributed by atoms with Gasteiger partial charge >= 0.3 is 0 Å². The summed E-state index contributed by atoms with van der Waals surface area (Å²) < 4.78 is 2.21. The van der Waals surface area contributed by atoms with Crippen molar-refractivity contribution in [2.75, 3.05) is 0 Å². The Morgan fingerprint density at radius 3 is 2.89 bits per heavy atom. The van der Waals surface area contributed by atoms with Crippen LogP contribution in [0.1, 0.15) is 32.2 Å². The molecule has 0 amide bonds. The van der Waals surface area contributed by atoms with Gasteiger partial charge in [0.1, 0.15) is 0 Å². The molecule has 3 atom stereocenters. The second kappa shape index (κ2) is 4.60. The van der Waals surface area contributed by atoms with Gasteiger partial charge in [0.15, 0.2) is 0 Å². The van der Waals surface area contributed by atoms with Crippen LogP contribution in [0, 0.1) is 5.92 Å². The quantitative estimate of drug-likeness (QED) is 0.826. The molecule has 1 heterocycles. The van der Waals surface area contributed by atoms with E-state index in [1.165, 1.54) is 6.42 Å².